The summed E-state index contributed by atoms with van der Waals surface area (Å²) in [4.78, 5) is 17.2. The average Bonchev–Trinajstić information content (AvgIpc) is 3.17. The average molecular weight is 328 g/mol. The molecule has 0 aliphatic rings. The van der Waals surface area contributed by atoms with Crippen molar-refractivity contribution < 1.29 is 9.53 Å². The Kier molecular flexibility index (Phi) is 4.38. The number of nitrogens with one attached hydrogen (secondary N) is 1. The van der Waals surface area contributed by atoms with Gasteiger partial charge in [0.1, 0.15) is 0 Å². The van der Waals surface area contributed by atoms with Crippen molar-refractivity contribution in [3.8, 4) is 11.6 Å². The van der Waals surface area contributed by atoms with Gasteiger partial charge in [-0.2, -0.15) is 0 Å². The van der Waals surface area contributed by atoms with Gasteiger partial charge in [0.15, 0.2) is 11.2 Å². The second kappa shape index (κ2) is 6.62. The summed E-state index contributed by atoms with van der Waals surface area (Å²) in [6.07, 6.45) is 2.84. The molecule has 3 aromatic rings. The molecule has 2 heterocycles. The molecule has 1 aromatic carbocycles. The molecule has 1 N–H and O–H groups in total. The number of amides is 1. The summed E-state index contributed by atoms with van der Waals surface area (Å²) < 4.78 is 7.29. The van der Waals surface area contributed by atoms with Crippen molar-refractivity contribution in [2.75, 3.05) is 5.32 Å². The molecule has 118 valence electrons. The third-order valence-electron chi connectivity index (χ3n) is 3.10. The largest absolute Gasteiger partial charge is 0.463 e. The number of carbonyl (C=O) groups is 1. The summed E-state index contributed by atoms with van der Waals surface area (Å²) in [6, 6.07) is 11.4. The number of hydrogen-bond acceptors (Lipinski definition) is 5. The first-order valence-electron chi connectivity index (χ1n) is 7.13. The number of hydrogen-bond donors (Lipinski definition) is 1. The summed E-state index contributed by atoms with van der Waals surface area (Å²) >= 11 is 1.42. The second-order valence-electron chi connectivity index (χ2n) is 4.96. The van der Waals surface area contributed by atoms with Crippen molar-refractivity contribution in [3.05, 3.63) is 53.7 Å². The number of thiazole rings is 1. The fraction of sp³-hybridized carbons (Fsp3) is 0.188. The zero-order valence-corrected chi connectivity index (χ0v) is 13.6. The van der Waals surface area contributed by atoms with Gasteiger partial charge in [-0.05, 0) is 26.0 Å². The Morgan fingerprint density at radius 2 is 2.09 bits per heavy atom. The number of nitrogens with zero attached hydrogens (tertiary/aromatic N) is 3. The number of rotatable bonds is 5. The summed E-state index contributed by atoms with van der Waals surface area (Å²) in [6.45, 7) is 3.61. The van der Waals surface area contributed by atoms with Crippen LogP contribution in [0.15, 0.2) is 48.8 Å². The molecular formula is C16H16N4O2S. The van der Waals surface area contributed by atoms with Crippen LogP contribution in [0.2, 0.25) is 0 Å². The molecule has 0 fully saturated rings. The maximum absolute atomic E-state index is 12.1. The van der Waals surface area contributed by atoms with Crippen molar-refractivity contribution in [2.45, 2.75) is 20.0 Å². The maximum atomic E-state index is 12.1. The Balaban J connectivity index is 1.62. The fourth-order valence-corrected chi connectivity index (χ4v) is 2.62. The SMILES string of the molecule is Cc1cnc(NC(=O)[C@H](C)Oc2ccn(-c3ccccc3)n2)s1. The first kappa shape index (κ1) is 15.2. The minimum atomic E-state index is -0.668. The molecule has 2 aromatic heterocycles. The summed E-state index contributed by atoms with van der Waals surface area (Å²) in [5.41, 5.74) is 0.928. The molecule has 0 spiro atoms. The highest BCUT2D eigenvalue weighted by atomic mass is 32.1. The monoisotopic (exact) mass is 328 g/mol. The highest BCUT2D eigenvalue weighted by molar-refractivity contribution is 7.15. The number of aryl methyl sites for hydroxylation is 1. The van der Waals surface area contributed by atoms with E-state index in [1.807, 2.05) is 37.3 Å². The molecule has 1 atom stereocenters. The molecule has 0 bridgehead atoms. The van der Waals surface area contributed by atoms with Gasteiger partial charge in [0, 0.05) is 23.3 Å². The predicted octanol–water partition coefficient (Wildman–Crippen LogP) is 3.04. The van der Waals surface area contributed by atoms with E-state index in [1.54, 1.807) is 30.1 Å². The maximum Gasteiger partial charge on any atom is 0.266 e. The second-order valence-corrected chi connectivity index (χ2v) is 6.19. The first-order chi connectivity index (χ1) is 11.1. The van der Waals surface area contributed by atoms with Crippen LogP contribution in [0.25, 0.3) is 5.69 Å². The summed E-state index contributed by atoms with van der Waals surface area (Å²) in [5, 5.41) is 7.61. The Morgan fingerprint density at radius 1 is 1.30 bits per heavy atom. The van der Waals surface area contributed by atoms with Crippen LogP contribution in [0, 0.1) is 6.92 Å². The molecule has 0 radical (unpaired) electrons. The minimum absolute atomic E-state index is 0.256. The van der Waals surface area contributed by atoms with Crippen LogP contribution in [0.5, 0.6) is 5.88 Å². The number of carbonyl (C=O) groups excluding carboxylic acids is 1. The molecule has 1 amide bonds. The summed E-state index contributed by atoms with van der Waals surface area (Å²) in [5.74, 6) is 0.139. The molecule has 0 unspecified atom stereocenters. The Hall–Kier alpha value is -2.67. The topological polar surface area (TPSA) is 69.0 Å². The van der Waals surface area contributed by atoms with Crippen LogP contribution in [0.3, 0.4) is 0 Å². The van der Waals surface area contributed by atoms with Crippen LogP contribution in [0.1, 0.15) is 11.8 Å². The number of ether oxygens (including phenoxy) is 1. The molecule has 0 saturated carbocycles. The minimum Gasteiger partial charge on any atom is -0.463 e. The molecule has 0 aliphatic heterocycles. The Morgan fingerprint density at radius 3 is 2.78 bits per heavy atom. The van der Waals surface area contributed by atoms with E-state index in [0.717, 1.165) is 10.6 Å². The quantitative estimate of drug-likeness (QED) is 0.781. The normalized spacial score (nSPS) is 11.9. The highest BCUT2D eigenvalue weighted by Gasteiger charge is 2.17. The molecule has 3 rings (SSSR count). The van der Waals surface area contributed by atoms with E-state index in [9.17, 15) is 4.79 Å². The van der Waals surface area contributed by atoms with Gasteiger partial charge in [0.25, 0.3) is 5.91 Å². The van der Waals surface area contributed by atoms with Crippen LogP contribution in [-0.4, -0.2) is 26.8 Å². The van der Waals surface area contributed by atoms with Gasteiger partial charge in [-0.3, -0.25) is 10.1 Å². The molecule has 0 saturated heterocycles. The van der Waals surface area contributed by atoms with Crippen LogP contribution >= 0.6 is 11.3 Å². The number of anilines is 1. The van der Waals surface area contributed by atoms with E-state index < -0.39 is 6.10 Å². The van der Waals surface area contributed by atoms with E-state index in [4.69, 9.17) is 4.74 Å². The van der Waals surface area contributed by atoms with Crippen molar-refractivity contribution in [1.82, 2.24) is 14.8 Å². The zero-order valence-electron chi connectivity index (χ0n) is 12.8. The third-order valence-corrected chi connectivity index (χ3v) is 3.93. The molecule has 6 nitrogen and oxygen atoms in total. The number of para-hydroxylation sites is 1. The Labute approximate surface area is 137 Å². The lowest BCUT2D eigenvalue weighted by molar-refractivity contribution is -0.122. The van der Waals surface area contributed by atoms with Crippen LogP contribution in [0.4, 0.5) is 5.13 Å². The van der Waals surface area contributed by atoms with Crippen molar-refractivity contribution in [1.29, 1.82) is 0 Å². The van der Waals surface area contributed by atoms with Gasteiger partial charge in [-0.15, -0.1) is 16.4 Å². The van der Waals surface area contributed by atoms with Gasteiger partial charge in [-0.1, -0.05) is 18.2 Å². The lowest BCUT2D eigenvalue weighted by atomic mass is 10.3. The van der Waals surface area contributed by atoms with E-state index in [1.165, 1.54) is 11.3 Å². The third kappa shape index (κ3) is 3.75. The first-order valence-corrected chi connectivity index (χ1v) is 7.94. The van der Waals surface area contributed by atoms with Gasteiger partial charge in [0.05, 0.1) is 5.69 Å². The molecule has 0 aliphatic carbocycles. The molecular weight excluding hydrogens is 312 g/mol. The predicted molar refractivity (Wildman–Crippen MR) is 89.1 cm³/mol. The fourth-order valence-electron chi connectivity index (χ4n) is 1.95. The van der Waals surface area contributed by atoms with E-state index in [0.29, 0.717) is 11.0 Å². The standard InChI is InChI=1S/C16H16N4O2S/c1-11-10-17-16(23-11)18-15(21)12(2)22-14-8-9-20(19-14)13-6-4-3-5-7-13/h3-10,12H,1-2H3,(H,17,18,21)/t12-/m0/s1. The van der Waals surface area contributed by atoms with E-state index in [-0.39, 0.29) is 5.91 Å². The van der Waals surface area contributed by atoms with E-state index >= 15 is 0 Å². The molecule has 7 heteroatoms. The zero-order chi connectivity index (χ0) is 16.2. The van der Waals surface area contributed by atoms with Crippen LogP contribution < -0.4 is 10.1 Å². The van der Waals surface area contributed by atoms with Gasteiger partial charge >= 0.3 is 0 Å². The van der Waals surface area contributed by atoms with E-state index in [2.05, 4.69) is 15.4 Å². The smallest absolute Gasteiger partial charge is 0.266 e. The van der Waals surface area contributed by atoms with Crippen molar-refractivity contribution in [2.24, 2.45) is 0 Å². The lowest BCUT2D eigenvalue weighted by Crippen LogP contribution is -2.30. The van der Waals surface area contributed by atoms with Gasteiger partial charge < -0.3 is 4.74 Å². The number of aromatic nitrogens is 3. The molecule has 23 heavy (non-hydrogen) atoms. The van der Waals surface area contributed by atoms with Crippen molar-refractivity contribution >= 4 is 22.4 Å². The lowest BCUT2D eigenvalue weighted by Gasteiger charge is -2.11. The van der Waals surface area contributed by atoms with Gasteiger partial charge in [-0.25, -0.2) is 9.67 Å². The van der Waals surface area contributed by atoms with Crippen molar-refractivity contribution in [3.63, 3.8) is 0 Å². The highest BCUT2D eigenvalue weighted by Crippen LogP contribution is 2.18. The number of benzene rings is 1. The van der Waals surface area contributed by atoms with Gasteiger partial charge in [0.2, 0.25) is 5.88 Å². The Bertz CT molecular complexity index is 797. The van der Waals surface area contributed by atoms with Crippen LogP contribution in [-0.2, 0) is 4.79 Å². The summed E-state index contributed by atoms with van der Waals surface area (Å²) in [7, 11) is 0.